The molecule has 0 radical (unpaired) electrons. The molecule has 2 rings (SSSR count). The Morgan fingerprint density at radius 3 is 2.84 bits per heavy atom. The number of hydrogen-bond acceptors (Lipinski definition) is 7. The third-order valence-electron chi connectivity index (χ3n) is 3.03. The molecule has 1 aliphatic rings. The van der Waals surface area contributed by atoms with Crippen LogP contribution in [0, 0.1) is 0 Å². The van der Waals surface area contributed by atoms with Crippen LogP contribution in [-0.4, -0.2) is 56.9 Å². The van der Waals surface area contributed by atoms with Crippen molar-refractivity contribution in [2.24, 2.45) is 0 Å². The van der Waals surface area contributed by atoms with Crippen molar-refractivity contribution < 1.29 is 19.4 Å². The predicted molar refractivity (Wildman–Crippen MR) is 62.1 cm³/mol. The normalized spacial score (nSPS) is 31.0. The number of nitrogens with zero attached hydrogens (tertiary/aromatic N) is 3. The van der Waals surface area contributed by atoms with Crippen molar-refractivity contribution in [2.45, 2.75) is 24.5 Å². The predicted octanol–water partition coefficient (Wildman–Crippen LogP) is -1.26. The van der Waals surface area contributed by atoms with Gasteiger partial charge in [0.25, 0.3) is 0 Å². The highest BCUT2D eigenvalue weighted by Crippen LogP contribution is 2.32. The largest absolute Gasteiger partial charge is 0.394 e. The fourth-order valence-corrected chi connectivity index (χ4v) is 2.14. The number of rotatable bonds is 3. The van der Waals surface area contributed by atoms with E-state index in [1.807, 2.05) is 0 Å². The lowest BCUT2D eigenvalue weighted by Gasteiger charge is -2.22. The van der Waals surface area contributed by atoms with E-state index < -0.39 is 36.8 Å². The van der Waals surface area contributed by atoms with Crippen molar-refractivity contribution >= 4 is 5.82 Å². The zero-order valence-electron chi connectivity index (χ0n) is 10.2. The molecule has 19 heavy (non-hydrogen) atoms. The van der Waals surface area contributed by atoms with Gasteiger partial charge in [0.2, 0.25) is 0 Å². The average molecular weight is 274 g/mol. The molecule has 0 bridgehead atoms. The van der Waals surface area contributed by atoms with Gasteiger partial charge < -0.3 is 20.8 Å². The van der Waals surface area contributed by atoms with Crippen molar-refractivity contribution in [2.75, 3.05) is 19.4 Å². The Kier molecular flexibility index (Phi) is 3.80. The summed E-state index contributed by atoms with van der Waals surface area (Å²) in [6, 6.07) is 0.265. The SMILES string of the molecule is CN(O)[C@H]1[C@H](F)[C@H](n2ccc(N)nc2=O)O[C@@H]1CO. The summed E-state index contributed by atoms with van der Waals surface area (Å²) in [5.41, 5.74) is 4.58. The minimum atomic E-state index is -1.70. The maximum atomic E-state index is 14.3. The number of hydroxylamine groups is 2. The van der Waals surface area contributed by atoms with E-state index in [1.165, 1.54) is 19.3 Å². The van der Waals surface area contributed by atoms with Gasteiger partial charge >= 0.3 is 5.69 Å². The van der Waals surface area contributed by atoms with Crippen LogP contribution >= 0.6 is 0 Å². The third kappa shape index (κ3) is 2.45. The summed E-state index contributed by atoms with van der Waals surface area (Å²) >= 11 is 0. The number of hydrogen-bond donors (Lipinski definition) is 3. The summed E-state index contributed by atoms with van der Waals surface area (Å²) in [4.78, 5) is 15.1. The number of nitrogens with two attached hydrogens (primary N) is 1. The van der Waals surface area contributed by atoms with Crippen LogP contribution in [0.1, 0.15) is 6.23 Å². The van der Waals surface area contributed by atoms with Crippen LogP contribution in [0.25, 0.3) is 0 Å². The number of anilines is 1. The van der Waals surface area contributed by atoms with E-state index in [0.717, 1.165) is 4.57 Å². The Bertz CT molecular complexity index is 509. The fourth-order valence-electron chi connectivity index (χ4n) is 2.14. The Morgan fingerprint density at radius 1 is 1.68 bits per heavy atom. The zero-order valence-corrected chi connectivity index (χ0v) is 10.2. The minimum absolute atomic E-state index is 0.0178. The molecule has 0 unspecified atom stereocenters. The number of nitrogen functional groups attached to an aromatic ring is 1. The fraction of sp³-hybridized carbons (Fsp3) is 0.600. The quantitative estimate of drug-likeness (QED) is 0.590. The lowest BCUT2D eigenvalue weighted by molar-refractivity contribution is -0.134. The minimum Gasteiger partial charge on any atom is -0.394 e. The summed E-state index contributed by atoms with van der Waals surface area (Å²) in [5, 5.41) is 19.1. The molecule has 4 N–H and O–H groups in total. The van der Waals surface area contributed by atoms with Crippen molar-refractivity contribution in [1.29, 1.82) is 0 Å². The first-order valence-electron chi connectivity index (χ1n) is 5.62. The average Bonchev–Trinajstić information content (AvgIpc) is 2.66. The van der Waals surface area contributed by atoms with Crippen molar-refractivity contribution in [1.82, 2.24) is 14.6 Å². The van der Waals surface area contributed by atoms with Crippen molar-refractivity contribution in [3.05, 3.63) is 22.7 Å². The van der Waals surface area contributed by atoms with Crippen LogP contribution in [0.2, 0.25) is 0 Å². The molecule has 0 spiro atoms. The molecule has 8 nitrogen and oxygen atoms in total. The standard InChI is InChI=1S/C10H15FN4O4/c1-14(18)8-5(4-16)19-9(7(8)11)15-3-2-6(12)13-10(15)17/h2-3,5,7-9,16,18H,4H2,1H3,(H2,12,13,17)/t5-,7+,8-,9-/m1/s1. The Labute approximate surface area is 107 Å². The number of alkyl halides is 1. The van der Waals surface area contributed by atoms with E-state index >= 15 is 0 Å². The molecule has 1 aromatic heterocycles. The molecule has 4 atom stereocenters. The van der Waals surface area contributed by atoms with Crippen molar-refractivity contribution in [3.8, 4) is 0 Å². The van der Waals surface area contributed by atoms with Gasteiger partial charge in [0.05, 0.1) is 12.6 Å². The first kappa shape index (κ1) is 13.9. The molecule has 1 aliphatic heterocycles. The van der Waals surface area contributed by atoms with Crippen LogP contribution in [0.3, 0.4) is 0 Å². The molecule has 0 aromatic carbocycles. The van der Waals surface area contributed by atoms with Crippen LogP contribution in [-0.2, 0) is 4.74 Å². The Hall–Kier alpha value is -1.55. The van der Waals surface area contributed by atoms with Gasteiger partial charge in [-0.3, -0.25) is 4.57 Å². The van der Waals surface area contributed by atoms with Gasteiger partial charge in [0, 0.05) is 13.2 Å². The third-order valence-corrected chi connectivity index (χ3v) is 3.03. The lowest BCUT2D eigenvalue weighted by Crippen LogP contribution is -2.43. The molecule has 2 heterocycles. The second-order valence-corrected chi connectivity index (χ2v) is 4.30. The summed E-state index contributed by atoms with van der Waals surface area (Å²) in [6.45, 7) is -0.483. The maximum Gasteiger partial charge on any atom is 0.351 e. The van der Waals surface area contributed by atoms with Crippen LogP contribution < -0.4 is 11.4 Å². The van der Waals surface area contributed by atoms with Gasteiger partial charge in [-0.05, 0) is 6.07 Å². The summed E-state index contributed by atoms with van der Waals surface area (Å²) in [5.74, 6) is 0.0178. The summed E-state index contributed by atoms with van der Waals surface area (Å²) in [7, 11) is 1.25. The highest BCUT2D eigenvalue weighted by molar-refractivity contribution is 5.23. The number of aliphatic hydroxyl groups excluding tert-OH is 1. The zero-order chi connectivity index (χ0) is 14.2. The van der Waals surface area contributed by atoms with Gasteiger partial charge in [-0.15, -0.1) is 0 Å². The smallest absolute Gasteiger partial charge is 0.351 e. The molecule has 1 saturated heterocycles. The van der Waals surface area contributed by atoms with Gasteiger partial charge in [-0.25, -0.2) is 9.18 Å². The van der Waals surface area contributed by atoms with E-state index in [1.54, 1.807) is 0 Å². The van der Waals surface area contributed by atoms with E-state index in [9.17, 15) is 14.4 Å². The van der Waals surface area contributed by atoms with Crippen LogP contribution in [0.5, 0.6) is 0 Å². The Morgan fingerprint density at radius 2 is 2.37 bits per heavy atom. The highest BCUT2D eigenvalue weighted by atomic mass is 19.1. The van der Waals surface area contributed by atoms with E-state index in [2.05, 4.69) is 4.98 Å². The molecule has 9 heteroatoms. The van der Waals surface area contributed by atoms with Crippen molar-refractivity contribution in [3.63, 3.8) is 0 Å². The number of aromatic nitrogens is 2. The van der Waals surface area contributed by atoms with Crippen LogP contribution in [0.4, 0.5) is 10.2 Å². The summed E-state index contributed by atoms with van der Waals surface area (Å²) < 4.78 is 20.4. The second kappa shape index (κ2) is 5.21. The lowest BCUT2D eigenvalue weighted by atomic mass is 10.1. The molecule has 0 amide bonds. The first-order valence-corrected chi connectivity index (χ1v) is 5.62. The number of ether oxygens (including phenoxy) is 1. The van der Waals surface area contributed by atoms with Gasteiger partial charge in [0.1, 0.15) is 11.9 Å². The van der Waals surface area contributed by atoms with Gasteiger partial charge in [-0.2, -0.15) is 10.0 Å². The number of halogens is 1. The van der Waals surface area contributed by atoms with E-state index in [0.29, 0.717) is 5.06 Å². The Balaban J connectivity index is 2.34. The second-order valence-electron chi connectivity index (χ2n) is 4.30. The van der Waals surface area contributed by atoms with E-state index in [-0.39, 0.29) is 5.82 Å². The maximum absolute atomic E-state index is 14.3. The molecule has 1 aromatic rings. The molecule has 0 saturated carbocycles. The number of aliphatic hydroxyl groups is 1. The topological polar surface area (TPSA) is 114 Å². The summed E-state index contributed by atoms with van der Waals surface area (Å²) in [6.07, 6.45) is -2.65. The van der Waals surface area contributed by atoms with Crippen LogP contribution in [0.15, 0.2) is 17.1 Å². The molecule has 0 aliphatic carbocycles. The molecule has 1 fully saturated rings. The molecular formula is C10H15FN4O4. The van der Waals surface area contributed by atoms with Gasteiger partial charge in [-0.1, -0.05) is 0 Å². The highest BCUT2D eigenvalue weighted by Gasteiger charge is 2.48. The van der Waals surface area contributed by atoms with Gasteiger partial charge in [0.15, 0.2) is 12.4 Å². The number of likely N-dealkylation sites (N-methyl/N-ethyl adjacent to an activating group) is 1. The first-order chi connectivity index (χ1) is 8.95. The molecule has 106 valence electrons. The monoisotopic (exact) mass is 274 g/mol. The van der Waals surface area contributed by atoms with E-state index in [4.69, 9.17) is 15.6 Å². The molecular weight excluding hydrogens is 259 g/mol.